The number of aliphatic carboxylic acids is 2. The first-order valence-corrected chi connectivity index (χ1v) is 19.7. The van der Waals surface area contributed by atoms with E-state index < -0.39 is 30.1 Å². The SMILES string of the molecule is C[C@H](N)C(=O)SN[C@@H](CCCCNC(=O)CC[C@H](NC(=O)CCCCCCCCCCCCCCCCCCC(=O)O)C(=O)O)C(=O)I. The number of carboxylic acids is 2. The van der Waals surface area contributed by atoms with Crippen LogP contribution in [0.3, 0.4) is 0 Å². The minimum absolute atomic E-state index is 0.00321. The van der Waals surface area contributed by atoms with Crippen molar-refractivity contribution in [2.45, 2.75) is 173 Å². The van der Waals surface area contributed by atoms with Crippen LogP contribution in [-0.2, 0) is 28.8 Å². The Balaban J connectivity index is 3.82. The molecule has 0 aromatic carbocycles. The van der Waals surface area contributed by atoms with Crippen molar-refractivity contribution in [2.24, 2.45) is 5.73 Å². The van der Waals surface area contributed by atoms with Crippen molar-refractivity contribution in [3.8, 4) is 0 Å². The van der Waals surface area contributed by atoms with Gasteiger partial charge in [0.25, 0.3) is 0 Å². The minimum atomic E-state index is -1.16. The Morgan fingerprint density at radius 2 is 1.10 bits per heavy atom. The summed E-state index contributed by atoms with van der Waals surface area (Å²) >= 11 is 2.51. The van der Waals surface area contributed by atoms with E-state index in [1.54, 1.807) is 29.5 Å². The van der Waals surface area contributed by atoms with Crippen LogP contribution in [0.2, 0.25) is 0 Å². The molecule has 0 aromatic rings. The minimum Gasteiger partial charge on any atom is -0.481 e. The van der Waals surface area contributed by atoms with Crippen molar-refractivity contribution in [2.75, 3.05) is 6.54 Å². The number of hydrogen-bond acceptors (Lipinski definition) is 9. The van der Waals surface area contributed by atoms with Crippen LogP contribution in [0.5, 0.6) is 0 Å². The largest absolute Gasteiger partial charge is 0.481 e. The lowest BCUT2D eigenvalue weighted by molar-refractivity contribution is -0.142. The summed E-state index contributed by atoms with van der Waals surface area (Å²) in [7, 11) is 0. The molecule has 2 amide bonds. The van der Waals surface area contributed by atoms with Gasteiger partial charge in [0, 0.05) is 48.4 Å². The summed E-state index contributed by atoms with van der Waals surface area (Å²) in [6.07, 6.45) is 20.3. The van der Waals surface area contributed by atoms with Gasteiger partial charge in [-0.25, -0.2) is 9.52 Å². The summed E-state index contributed by atoms with van der Waals surface area (Å²) < 4.78 is 2.72. The molecule has 12 nitrogen and oxygen atoms in total. The maximum atomic E-state index is 12.3. The van der Waals surface area contributed by atoms with Gasteiger partial charge in [-0.15, -0.1) is 0 Å². The Labute approximate surface area is 305 Å². The van der Waals surface area contributed by atoms with Crippen LogP contribution in [0.25, 0.3) is 0 Å². The predicted octanol–water partition coefficient (Wildman–Crippen LogP) is 6.17. The topological polar surface area (TPSA) is 205 Å². The predicted molar refractivity (Wildman–Crippen MR) is 199 cm³/mol. The molecule has 14 heteroatoms. The van der Waals surface area contributed by atoms with Crippen molar-refractivity contribution >= 4 is 67.2 Å². The molecule has 0 aliphatic carbocycles. The maximum absolute atomic E-state index is 12.3. The number of carbonyl (C=O) groups excluding carboxylic acids is 4. The molecule has 0 saturated heterocycles. The van der Waals surface area contributed by atoms with Gasteiger partial charge in [0.05, 0.1) is 12.1 Å². The fourth-order valence-corrected chi connectivity index (χ4v) is 6.41. The second-order valence-corrected chi connectivity index (χ2v) is 14.5. The average Bonchev–Trinajstić information content (AvgIpc) is 3.02. The normalized spacial score (nSPS) is 13.0. The summed E-state index contributed by atoms with van der Waals surface area (Å²) in [5.74, 6) is -2.47. The van der Waals surface area contributed by atoms with Gasteiger partial charge in [-0.3, -0.25) is 24.0 Å². The summed E-state index contributed by atoms with van der Waals surface area (Å²) in [6.45, 7) is 1.95. The number of carbonyl (C=O) groups is 6. The first kappa shape index (κ1) is 46.2. The smallest absolute Gasteiger partial charge is 0.326 e. The highest BCUT2D eigenvalue weighted by molar-refractivity contribution is 14.1. The van der Waals surface area contributed by atoms with Crippen molar-refractivity contribution in [1.82, 2.24) is 15.4 Å². The van der Waals surface area contributed by atoms with Gasteiger partial charge < -0.3 is 26.6 Å². The van der Waals surface area contributed by atoms with Crippen LogP contribution in [0.15, 0.2) is 0 Å². The lowest BCUT2D eigenvalue weighted by Gasteiger charge is -2.15. The van der Waals surface area contributed by atoms with E-state index >= 15 is 0 Å². The Kier molecular flexibility index (Phi) is 30.1. The Morgan fingerprint density at radius 1 is 0.625 bits per heavy atom. The number of unbranched alkanes of at least 4 members (excludes halogenated alkanes) is 16. The molecule has 0 saturated carbocycles. The van der Waals surface area contributed by atoms with Crippen molar-refractivity contribution in [1.29, 1.82) is 0 Å². The Hall–Kier alpha value is -1.78. The van der Waals surface area contributed by atoms with Crippen LogP contribution < -0.4 is 21.1 Å². The van der Waals surface area contributed by atoms with Gasteiger partial charge in [-0.05, 0) is 57.4 Å². The molecule has 3 atom stereocenters. The molecule has 0 unspecified atom stereocenters. The molecular formula is C34H61IN4O8S. The number of nitrogens with one attached hydrogen (secondary N) is 3. The van der Waals surface area contributed by atoms with E-state index in [2.05, 4.69) is 15.4 Å². The van der Waals surface area contributed by atoms with Crippen LogP contribution >= 0.6 is 34.5 Å². The molecule has 0 aliphatic rings. The standard InChI is InChI=1S/C34H61IN4O8S/c1-26(36)34(47)48-39-27(32(35)44)20-18-19-25-37-29(40)24-23-28(33(45)46)38-30(41)21-16-14-12-10-8-6-4-2-3-5-7-9-11-13-15-17-22-31(42)43/h26-28,39H,2-25,36H2,1H3,(H,37,40)(H,38,41)(H,42,43)(H,45,46)/t26-,27-,28-/m0/s1. The van der Waals surface area contributed by atoms with E-state index in [9.17, 15) is 33.9 Å². The molecule has 0 bridgehead atoms. The molecule has 0 aliphatic heterocycles. The Morgan fingerprint density at radius 3 is 1.54 bits per heavy atom. The van der Waals surface area contributed by atoms with Crippen LogP contribution in [-0.4, -0.2) is 67.5 Å². The molecule has 0 radical (unpaired) electrons. The number of halogens is 1. The molecule has 0 aromatic heterocycles. The monoisotopic (exact) mass is 812 g/mol. The van der Waals surface area contributed by atoms with E-state index in [-0.39, 0.29) is 46.4 Å². The maximum Gasteiger partial charge on any atom is 0.326 e. The third kappa shape index (κ3) is 29.2. The summed E-state index contributed by atoms with van der Waals surface area (Å²) in [6, 6.07) is -2.25. The van der Waals surface area contributed by atoms with E-state index in [1.165, 1.54) is 57.8 Å². The van der Waals surface area contributed by atoms with Crippen LogP contribution in [0.1, 0.15) is 155 Å². The van der Waals surface area contributed by atoms with Crippen molar-refractivity contribution in [3.63, 3.8) is 0 Å². The van der Waals surface area contributed by atoms with Crippen molar-refractivity contribution < 1.29 is 39.0 Å². The Bertz CT molecular complexity index is 941. The second kappa shape index (κ2) is 31.2. The molecule has 7 N–H and O–H groups in total. The first-order chi connectivity index (χ1) is 22.9. The summed E-state index contributed by atoms with van der Waals surface area (Å²) in [4.78, 5) is 70.1. The van der Waals surface area contributed by atoms with Gasteiger partial charge in [-0.1, -0.05) is 89.9 Å². The number of hydrogen-bond donors (Lipinski definition) is 6. The lowest BCUT2D eigenvalue weighted by atomic mass is 10.0. The fraction of sp³-hybridized carbons (Fsp3) is 0.824. The van der Waals surface area contributed by atoms with Crippen molar-refractivity contribution in [3.05, 3.63) is 0 Å². The highest BCUT2D eigenvalue weighted by atomic mass is 127. The van der Waals surface area contributed by atoms with Crippen LogP contribution in [0.4, 0.5) is 0 Å². The molecule has 0 fully saturated rings. The lowest BCUT2D eigenvalue weighted by Crippen LogP contribution is -2.41. The van der Waals surface area contributed by atoms with Gasteiger partial charge >= 0.3 is 11.9 Å². The molecule has 0 rings (SSSR count). The number of rotatable bonds is 33. The first-order valence-electron chi connectivity index (χ1n) is 17.9. The third-order valence-electron chi connectivity index (χ3n) is 8.03. The van der Waals surface area contributed by atoms with Gasteiger partial charge in [0.2, 0.25) is 20.7 Å². The van der Waals surface area contributed by atoms with Crippen LogP contribution in [0, 0.1) is 0 Å². The van der Waals surface area contributed by atoms with E-state index in [0.717, 1.165) is 50.5 Å². The number of carboxylic acid groups (broad SMARTS) is 2. The van der Waals surface area contributed by atoms with E-state index in [4.69, 9.17) is 10.8 Å². The third-order valence-corrected chi connectivity index (χ3v) is 9.75. The molecule has 278 valence electrons. The van der Waals surface area contributed by atoms with E-state index in [1.807, 2.05) is 0 Å². The van der Waals surface area contributed by atoms with Gasteiger partial charge in [0.1, 0.15) is 6.04 Å². The number of amides is 2. The molecule has 0 heterocycles. The fourth-order valence-electron chi connectivity index (χ4n) is 5.07. The average molecular weight is 813 g/mol. The highest BCUT2D eigenvalue weighted by Crippen LogP contribution is 2.15. The number of nitrogens with two attached hydrogens (primary N) is 1. The molecular weight excluding hydrogens is 751 g/mol. The zero-order chi connectivity index (χ0) is 36.0. The second-order valence-electron chi connectivity index (χ2n) is 12.6. The molecule has 48 heavy (non-hydrogen) atoms. The van der Waals surface area contributed by atoms with Gasteiger partial charge in [-0.2, -0.15) is 0 Å². The highest BCUT2D eigenvalue weighted by Gasteiger charge is 2.21. The zero-order valence-electron chi connectivity index (χ0n) is 28.9. The summed E-state index contributed by atoms with van der Waals surface area (Å²) in [5, 5.41) is 23.2. The quantitative estimate of drug-likeness (QED) is 0.0191. The molecule has 0 spiro atoms. The van der Waals surface area contributed by atoms with E-state index in [0.29, 0.717) is 32.2 Å². The summed E-state index contributed by atoms with van der Waals surface area (Å²) in [5.41, 5.74) is 5.52. The van der Waals surface area contributed by atoms with Gasteiger partial charge in [0.15, 0.2) is 0 Å². The zero-order valence-corrected chi connectivity index (χ0v) is 31.9.